The Morgan fingerprint density at radius 3 is 0.874 bits per heavy atom. The van der Waals surface area contributed by atoms with Crippen LogP contribution in [0.4, 0.5) is 0 Å². The Morgan fingerprint density at radius 1 is 0.333 bits per heavy atom. The molecule has 17 nitrogen and oxygen atoms in total. The lowest BCUT2D eigenvalue weighted by atomic mass is 9.99. The van der Waals surface area contributed by atoms with Gasteiger partial charge in [0.25, 0.3) is 0 Å². The van der Waals surface area contributed by atoms with Gasteiger partial charge in [0.2, 0.25) is 0 Å². The highest BCUT2D eigenvalue weighted by atomic mass is 31.2. The fourth-order valence-electron chi connectivity index (χ4n) is 10.1. The molecule has 0 amide bonds. The highest BCUT2D eigenvalue weighted by molar-refractivity contribution is 7.47. The molecule has 516 valence electrons. The van der Waals surface area contributed by atoms with Crippen LogP contribution in [0.1, 0.15) is 337 Å². The first kappa shape index (κ1) is 85.1. The highest BCUT2D eigenvalue weighted by Gasteiger charge is 2.30. The smallest absolute Gasteiger partial charge is 0.462 e. The minimum atomic E-state index is -4.95. The van der Waals surface area contributed by atoms with Gasteiger partial charge in [-0.25, -0.2) is 9.13 Å². The fourth-order valence-corrected chi connectivity index (χ4v) is 11.7. The first-order valence-corrected chi connectivity index (χ1v) is 38.4. The molecule has 0 saturated heterocycles. The Kier molecular flexibility index (Phi) is 57.8. The first-order chi connectivity index (χ1) is 41.8. The Hall–Kier alpha value is -1.94. The van der Waals surface area contributed by atoms with Gasteiger partial charge in [-0.2, -0.15) is 0 Å². The number of carbonyl (C=O) groups is 4. The summed E-state index contributed by atoms with van der Waals surface area (Å²) < 4.78 is 68.2. The van der Waals surface area contributed by atoms with Crippen LogP contribution >= 0.6 is 15.6 Å². The lowest BCUT2D eigenvalue weighted by Crippen LogP contribution is -2.30. The second kappa shape index (κ2) is 59.1. The number of esters is 4. The van der Waals surface area contributed by atoms with Gasteiger partial charge >= 0.3 is 39.5 Å². The van der Waals surface area contributed by atoms with E-state index in [-0.39, 0.29) is 25.7 Å². The molecule has 19 heteroatoms. The zero-order chi connectivity index (χ0) is 64.5. The van der Waals surface area contributed by atoms with Gasteiger partial charge in [0, 0.05) is 25.7 Å². The third kappa shape index (κ3) is 60.1. The van der Waals surface area contributed by atoms with Gasteiger partial charge in [-0.05, 0) is 43.4 Å². The SMILES string of the molecule is CCCCCCCCCCCCCC(=O)OC[C@H](COP(=O)(O)OC[C@H](O)COP(=O)(O)OC[C@@H](COC(=O)CCCCCCCCCCC(C)CC)OC(=O)CCCCCCCCCCCC(C)C)OC(=O)CCCCCCCCCCC(C)CC. The summed E-state index contributed by atoms with van der Waals surface area (Å²) >= 11 is 0. The van der Waals surface area contributed by atoms with E-state index in [0.29, 0.717) is 25.7 Å². The summed E-state index contributed by atoms with van der Waals surface area (Å²) in [5, 5.41) is 10.6. The second-order valence-corrected chi connectivity index (χ2v) is 28.4. The molecule has 0 aromatic carbocycles. The number of phosphoric ester groups is 2. The van der Waals surface area contributed by atoms with Crippen molar-refractivity contribution in [3.63, 3.8) is 0 Å². The number of aliphatic hydroxyl groups excluding tert-OH is 1. The molecular formula is C68H132O17P2. The van der Waals surface area contributed by atoms with E-state index in [4.69, 9.17) is 37.0 Å². The molecule has 0 aromatic heterocycles. The monoisotopic (exact) mass is 1280 g/mol. The van der Waals surface area contributed by atoms with Crippen molar-refractivity contribution in [1.82, 2.24) is 0 Å². The van der Waals surface area contributed by atoms with Crippen molar-refractivity contribution >= 4 is 39.5 Å². The van der Waals surface area contributed by atoms with Crippen LogP contribution in [0.5, 0.6) is 0 Å². The molecule has 0 rings (SSSR count). The van der Waals surface area contributed by atoms with Crippen LogP contribution in [-0.2, 0) is 65.4 Å². The quantitative estimate of drug-likeness (QED) is 0.0222. The molecule has 0 aliphatic rings. The number of rotatable bonds is 66. The van der Waals surface area contributed by atoms with E-state index < -0.39 is 97.5 Å². The number of aliphatic hydroxyl groups is 1. The third-order valence-corrected chi connectivity index (χ3v) is 18.3. The van der Waals surface area contributed by atoms with Gasteiger partial charge in [-0.3, -0.25) is 37.3 Å². The summed E-state index contributed by atoms with van der Waals surface area (Å²) in [6.45, 7) is 11.8. The molecule has 0 aliphatic heterocycles. The average molecular weight is 1280 g/mol. The standard InChI is InChI=1S/C68H132O17P2/c1-8-11-12-13-14-15-16-19-28-35-42-49-65(70)78-55-64(85-68(73)52-45-38-31-24-22-27-34-41-48-61(7)10-3)58-83-87(76,77)81-54-62(69)53-80-86(74,75)82-57-63(84-67(72)51-44-37-30-20-17-18-25-32-39-46-59(4)5)56-79-66(71)50-43-36-29-23-21-26-33-40-47-60(6)9-2/h59-64,69H,8-58H2,1-7H3,(H,74,75)(H,76,77)/t60?,61?,62-,63-,64-/m1/s1. The Labute approximate surface area is 530 Å². The maximum atomic E-state index is 13.0. The van der Waals surface area contributed by atoms with Gasteiger partial charge in [-0.15, -0.1) is 0 Å². The predicted octanol–water partition coefficient (Wildman–Crippen LogP) is 19.1. The van der Waals surface area contributed by atoms with E-state index in [1.54, 1.807) is 0 Å². The zero-order valence-electron chi connectivity index (χ0n) is 56.5. The topological polar surface area (TPSA) is 237 Å². The van der Waals surface area contributed by atoms with Crippen LogP contribution in [-0.4, -0.2) is 96.7 Å². The molecule has 0 fully saturated rings. The predicted molar refractivity (Wildman–Crippen MR) is 349 cm³/mol. The van der Waals surface area contributed by atoms with Crippen molar-refractivity contribution in [2.75, 3.05) is 39.6 Å². The molecule has 0 aliphatic carbocycles. The first-order valence-electron chi connectivity index (χ1n) is 35.4. The van der Waals surface area contributed by atoms with E-state index in [0.717, 1.165) is 108 Å². The molecule has 87 heavy (non-hydrogen) atoms. The van der Waals surface area contributed by atoms with Crippen LogP contribution in [0.2, 0.25) is 0 Å². The zero-order valence-corrected chi connectivity index (χ0v) is 58.3. The van der Waals surface area contributed by atoms with E-state index in [2.05, 4.69) is 48.5 Å². The lowest BCUT2D eigenvalue weighted by Gasteiger charge is -2.21. The minimum Gasteiger partial charge on any atom is -0.462 e. The second-order valence-electron chi connectivity index (χ2n) is 25.5. The maximum Gasteiger partial charge on any atom is 0.472 e. The Balaban J connectivity index is 5.27. The Bertz CT molecular complexity index is 1720. The van der Waals surface area contributed by atoms with Crippen molar-refractivity contribution in [2.24, 2.45) is 17.8 Å². The maximum absolute atomic E-state index is 13.0. The van der Waals surface area contributed by atoms with E-state index in [1.807, 2.05) is 0 Å². The number of phosphoric acid groups is 2. The van der Waals surface area contributed by atoms with Gasteiger partial charge in [-0.1, -0.05) is 286 Å². The molecule has 0 saturated carbocycles. The highest BCUT2D eigenvalue weighted by Crippen LogP contribution is 2.45. The number of hydrogen-bond acceptors (Lipinski definition) is 15. The number of hydrogen-bond donors (Lipinski definition) is 3. The summed E-state index contributed by atoms with van der Waals surface area (Å²) in [7, 11) is -9.90. The molecule has 0 spiro atoms. The summed E-state index contributed by atoms with van der Waals surface area (Å²) in [5.74, 6) is 0.153. The minimum absolute atomic E-state index is 0.104. The molecule has 0 bridgehead atoms. The van der Waals surface area contributed by atoms with E-state index in [1.165, 1.54) is 148 Å². The number of unbranched alkanes of at least 4 members (excludes halogenated alkanes) is 32. The molecule has 0 heterocycles. The van der Waals surface area contributed by atoms with Crippen molar-refractivity contribution in [3.05, 3.63) is 0 Å². The van der Waals surface area contributed by atoms with Crippen LogP contribution in [0.3, 0.4) is 0 Å². The van der Waals surface area contributed by atoms with E-state index >= 15 is 0 Å². The molecule has 7 atom stereocenters. The van der Waals surface area contributed by atoms with Crippen LogP contribution in [0, 0.1) is 17.8 Å². The Morgan fingerprint density at radius 2 is 0.586 bits per heavy atom. The number of ether oxygens (including phenoxy) is 4. The van der Waals surface area contributed by atoms with Gasteiger partial charge in [0.15, 0.2) is 12.2 Å². The summed E-state index contributed by atoms with van der Waals surface area (Å²) in [5.41, 5.74) is 0. The van der Waals surface area contributed by atoms with Gasteiger partial charge in [0.05, 0.1) is 26.4 Å². The summed E-state index contributed by atoms with van der Waals surface area (Å²) in [6, 6.07) is 0. The third-order valence-electron chi connectivity index (χ3n) is 16.4. The van der Waals surface area contributed by atoms with Crippen molar-refractivity contribution in [1.29, 1.82) is 0 Å². The van der Waals surface area contributed by atoms with Crippen LogP contribution in [0.25, 0.3) is 0 Å². The largest absolute Gasteiger partial charge is 0.472 e. The van der Waals surface area contributed by atoms with Crippen LogP contribution < -0.4 is 0 Å². The van der Waals surface area contributed by atoms with Crippen molar-refractivity contribution in [3.8, 4) is 0 Å². The van der Waals surface area contributed by atoms with Gasteiger partial charge in [0.1, 0.15) is 19.3 Å². The fraction of sp³-hybridized carbons (Fsp3) is 0.941. The normalized spacial score (nSPS) is 14.9. The van der Waals surface area contributed by atoms with Crippen molar-refractivity contribution < 1.29 is 80.2 Å². The summed E-state index contributed by atoms with van der Waals surface area (Å²) in [6.07, 6.45) is 41.5. The molecule has 0 aromatic rings. The van der Waals surface area contributed by atoms with Crippen LogP contribution in [0.15, 0.2) is 0 Å². The average Bonchev–Trinajstić information content (AvgIpc) is 3.71. The lowest BCUT2D eigenvalue weighted by molar-refractivity contribution is -0.161. The van der Waals surface area contributed by atoms with Crippen molar-refractivity contribution in [2.45, 2.75) is 356 Å². The molecule has 4 unspecified atom stereocenters. The molecule has 3 N–H and O–H groups in total. The van der Waals surface area contributed by atoms with E-state index in [9.17, 15) is 43.2 Å². The molecular weight excluding hydrogens is 1150 g/mol. The molecule has 0 radical (unpaired) electrons. The van der Waals surface area contributed by atoms with Gasteiger partial charge < -0.3 is 33.8 Å². The summed E-state index contributed by atoms with van der Waals surface area (Å²) in [4.78, 5) is 72.5. The number of carbonyl (C=O) groups excluding carboxylic acids is 4.